The van der Waals surface area contributed by atoms with Gasteiger partial charge in [-0.3, -0.25) is 0 Å². The molecule has 0 unspecified atom stereocenters. The number of nitrogens with zero attached hydrogens (tertiary/aromatic N) is 1. The molecule has 9 heteroatoms. The SMILES string of the molecule is COc1ccc(C(=O)Oc2ccc(C=NNS(=O)(=O)c3ccc(Cl)cc3)cc2)cc1. The molecule has 154 valence electrons. The zero-order valence-corrected chi connectivity index (χ0v) is 17.4. The molecule has 0 aromatic heterocycles. The Hall–Kier alpha value is -3.36. The molecule has 1 N–H and O–H groups in total. The van der Waals surface area contributed by atoms with Crippen LogP contribution in [0.25, 0.3) is 0 Å². The third-order valence-corrected chi connectivity index (χ3v) is 5.42. The van der Waals surface area contributed by atoms with E-state index in [1.807, 2.05) is 0 Å². The maximum Gasteiger partial charge on any atom is 0.343 e. The lowest BCUT2D eigenvalue weighted by Crippen LogP contribution is -2.18. The van der Waals surface area contributed by atoms with Crippen LogP contribution >= 0.6 is 11.6 Å². The second-order valence-corrected chi connectivity index (χ2v) is 8.09. The van der Waals surface area contributed by atoms with Gasteiger partial charge < -0.3 is 9.47 Å². The van der Waals surface area contributed by atoms with E-state index in [1.165, 1.54) is 30.5 Å². The van der Waals surface area contributed by atoms with Crippen LogP contribution in [0.5, 0.6) is 11.5 Å². The van der Waals surface area contributed by atoms with Crippen molar-refractivity contribution in [1.29, 1.82) is 0 Å². The van der Waals surface area contributed by atoms with Crippen LogP contribution in [-0.2, 0) is 10.0 Å². The zero-order chi connectivity index (χ0) is 21.6. The summed E-state index contributed by atoms with van der Waals surface area (Å²) < 4.78 is 34.7. The van der Waals surface area contributed by atoms with Gasteiger partial charge in [-0.15, -0.1) is 0 Å². The predicted octanol–water partition coefficient (Wildman–Crippen LogP) is 3.88. The van der Waals surface area contributed by atoms with Crippen molar-refractivity contribution in [3.05, 3.63) is 88.9 Å². The molecular weight excluding hydrogens is 428 g/mol. The van der Waals surface area contributed by atoms with Crippen molar-refractivity contribution in [2.75, 3.05) is 7.11 Å². The van der Waals surface area contributed by atoms with Crippen LogP contribution in [0, 0.1) is 0 Å². The van der Waals surface area contributed by atoms with E-state index in [0.29, 0.717) is 27.6 Å². The molecule has 0 bridgehead atoms. The molecule has 30 heavy (non-hydrogen) atoms. The Labute approximate surface area is 179 Å². The zero-order valence-electron chi connectivity index (χ0n) is 15.8. The van der Waals surface area contributed by atoms with Crippen LogP contribution < -0.4 is 14.3 Å². The number of esters is 1. The Balaban J connectivity index is 1.59. The van der Waals surface area contributed by atoms with Gasteiger partial charge in [0, 0.05) is 5.02 Å². The van der Waals surface area contributed by atoms with E-state index in [9.17, 15) is 13.2 Å². The summed E-state index contributed by atoms with van der Waals surface area (Å²) in [5.74, 6) is 0.478. The molecule has 0 amide bonds. The van der Waals surface area contributed by atoms with Gasteiger partial charge in [-0.2, -0.15) is 13.5 Å². The third-order valence-electron chi connectivity index (χ3n) is 3.93. The minimum Gasteiger partial charge on any atom is -0.497 e. The molecule has 7 nitrogen and oxygen atoms in total. The van der Waals surface area contributed by atoms with Gasteiger partial charge in [0.15, 0.2) is 0 Å². The van der Waals surface area contributed by atoms with Gasteiger partial charge in [-0.05, 0) is 78.4 Å². The first-order chi connectivity index (χ1) is 14.4. The summed E-state index contributed by atoms with van der Waals surface area (Å²) >= 11 is 5.76. The number of methoxy groups -OCH3 is 1. The fourth-order valence-corrected chi connectivity index (χ4v) is 3.27. The van der Waals surface area contributed by atoms with Crippen LogP contribution in [0.4, 0.5) is 0 Å². The van der Waals surface area contributed by atoms with Crippen LogP contribution in [0.15, 0.2) is 82.8 Å². The Morgan fingerprint density at radius 2 is 1.53 bits per heavy atom. The number of ether oxygens (including phenoxy) is 2. The van der Waals surface area contributed by atoms with Crippen molar-refractivity contribution in [3.63, 3.8) is 0 Å². The van der Waals surface area contributed by atoms with E-state index in [-0.39, 0.29) is 4.90 Å². The summed E-state index contributed by atoms with van der Waals surface area (Å²) in [6.07, 6.45) is 1.34. The largest absolute Gasteiger partial charge is 0.497 e. The van der Waals surface area contributed by atoms with Crippen molar-refractivity contribution in [1.82, 2.24) is 4.83 Å². The molecule has 0 radical (unpaired) electrons. The minimum atomic E-state index is -3.79. The molecule has 0 spiro atoms. The Morgan fingerprint density at radius 1 is 0.933 bits per heavy atom. The number of carbonyl (C=O) groups is 1. The topological polar surface area (TPSA) is 94.1 Å². The second-order valence-electron chi connectivity index (χ2n) is 5.99. The summed E-state index contributed by atoms with van der Waals surface area (Å²) in [6, 6.07) is 18.7. The van der Waals surface area contributed by atoms with Crippen LogP contribution in [0.1, 0.15) is 15.9 Å². The predicted molar refractivity (Wildman–Crippen MR) is 114 cm³/mol. The highest BCUT2D eigenvalue weighted by molar-refractivity contribution is 7.89. The molecule has 3 aromatic carbocycles. The van der Waals surface area contributed by atoms with Crippen molar-refractivity contribution >= 4 is 33.8 Å². The molecule has 0 aliphatic carbocycles. The van der Waals surface area contributed by atoms with Crippen molar-refractivity contribution in [3.8, 4) is 11.5 Å². The smallest absolute Gasteiger partial charge is 0.343 e. The standard InChI is InChI=1S/C21H17ClN2O5S/c1-28-18-10-4-16(5-11-18)21(25)29-19-8-2-15(3-9-19)14-23-24-30(26,27)20-12-6-17(22)7-13-20/h2-14,24H,1H3. The van der Waals surface area contributed by atoms with Gasteiger partial charge >= 0.3 is 5.97 Å². The number of hydrazone groups is 1. The Kier molecular flexibility index (Phi) is 6.71. The molecule has 0 fully saturated rings. The van der Waals surface area contributed by atoms with E-state index in [1.54, 1.807) is 55.6 Å². The lowest BCUT2D eigenvalue weighted by molar-refractivity contribution is 0.0734. The van der Waals surface area contributed by atoms with Crippen molar-refractivity contribution < 1.29 is 22.7 Å². The maximum atomic E-state index is 12.2. The number of sulfonamides is 1. The van der Waals surface area contributed by atoms with Crippen LogP contribution in [0.3, 0.4) is 0 Å². The van der Waals surface area contributed by atoms with Crippen LogP contribution in [0.2, 0.25) is 5.02 Å². The first kappa shape index (κ1) is 21.4. The highest BCUT2D eigenvalue weighted by Gasteiger charge is 2.12. The summed E-state index contributed by atoms with van der Waals surface area (Å²) in [5.41, 5.74) is 0.996. The third kappa shape index (κ3) is 5.59. The number of carbonyl (C=O) groups excluding carboxylic acids is 1. The van der Waals surface area contributed by atoms with Gasteiger partial charge in [0.25, 0.3) is 10.0 Å². The van der Waals surface area contributed by atoms with E-state index < -0.39 is 16.0 Å². The fourth-order valence-electron chi connectivity index (χ4n) is 2.35. The average Bonchev–Trinajstić information content (AvgIpc) is 2.75. The second kappa shape index (κ2) is 9.43. The lowest BCUT2D eigenvalue weighted by Gasteiger charge is -2.06. The lowest BCUT2D eigenvalue weighted by atomic mass is 10.2. The average molecular weight is 445 g/mol. The quantitative estimate of drug-likeness (QED) is 0.258. The van der Waals surface area contributed by atoms with E-state index in [0.717, 1.165) is 0 Å². The molecule has 0 atom stereocenters. The number of halogens is 1. The van der Waals surface area contributed by atoms with Crippen molar-refractivity contribution in [2.45, 2.75) is 4.90 Å². The van der Waals surface area contributed by atoms with Gasteiger partial charge in [0.2, 0.25) is 0 Å². The summed E-state index contributed by atoms with van der Waals surface area (Å²) in [5, 5.41) is 4.19. The molecule has 0 saturated carbocycles. The van der Waals surface area contributed by atoms with Gasteiger partial charge in [0.05, 0.1) is 23.8 Å². The Bertz CT molecular complexity index is 1140. The summed E-state index contributed by atoms with van der Waals surface area (Å²) in [4.78, 5) is 14.3. The van der Waals surface area contributed by atoms with E-state index in [4.69, 9.17) is 21.1 Å². The molecule has 3 aromatic rings. The van der Waals surface area contributed by atoms with E-state index >= 15 is 0 Å². The highest BCUT2D eigenvalue weighted by atomic mass is 35.5. The number of hydrogen-bond donors (Lipinski definition) is 1. The minimum absolute atomic E-state index is 0.0462. The van der Waals surface area contributed by atoms with Gasteiger partial charge in [-0.25, -0.2) is 9.63 Å². The number of benzene rings is 3. The number of hydrogen-bond acceptors (Lipinski definition) is 6. The molecule has 3 rings (SSSR count). The molecule has 0 saturated heterocycles. The Morgan fingerprint density at radius 3 is 2.13 bits per heavy atom. The van der Waals surface area contributed by atoms with Gasteiger partial charge in [0.1, 0.15) is 11.5 Å². The summed E-state index contributed by atoms with van der Waals surface area (Å²) in [7, 11) is -2.25. The summed E-state index contributed by atoms with van der Waals surface area (Å²) in [6.45, 7) is 0. The number of rotatable bonds is 7. The first-order valence-corrected chi connectivity index (χ1v) is 10.5. The van der Waals surface area contributed by atoms with Crippen molar-refractivity contribution in [2.24, 2.45) is 5.10 Å². The normalized spacial score (nSPS) is 11.3. The van der Waals surface area contributed by atoms with Crippen LogP contribution in [-0.4, -0.2) is 27.7 Å². The maximum absolute atomic E-state index is 12.2. The fraction of sp³-hybridized carbons (Fsp3) is 0.0476. The molecule has 0 heterocycles. The monoisotopic (exact) mass is 444 g/mol. The first-order valence-electron chi connectivity index (χ1n) is 8.64. The molecule has 0 aliphatic rings. The number of nitrogens with one attached hydrogen (secondary N) is 1. The molecule has 0 aliphatic heterocycles. The van der Waals surface area contributed by atoms with Gasteiger partial charge in [-0.1, -0.05) is 11.6 Å². The van der Waals surface area contributed by atoms with E-state index in [2.05, 4.69) is 9.93 Å². The molecular formula is C21H17ClN2O5S. The highest BCUT2D eigenvalue weighted by Crippen LogP contribution is 2.16.